The first-order valence-electron chi connectivity index (χ1n) is 10.9. The third-order valence-electron chi connectivity index (χ3n) is 5.92. The number of nitrogens with two attached hydrogens (primary N) is 1. The minimum atomic E-state index is -0.484. The number of fused-ring (bicyclic) bond motifs is 1. The van der Waals surface area contributed by atoms with E-state index in [1.807, 2.05) is 29.2 Å². The number of nitrogens with zero attached hydrogens (tertiary/aromatic N) is 2. The van der Waals surface area contributed by atoms with Crippen molar-refractivity contribution in [2.24, 2.45) is 5.73 Å². The zero-order valence-electron chi connectivity index (χ0n) is 17.9. The topological polar surface area (TPSA) is 98.7 Å². The van der Waals surface area contributed by atoms with Crippen LogP contribution in [0.15, 0.2) is 77.2 Å². The van der Waals surface area contributed by atoms with E-state index in [0.29, 0.717) is 35.7 Å². The highest BCUT2D eigenvalue weighted by molar-refractivity contribution is 5.94. The molecule has 33 heavy (non-hydrogen) atoms. The van der Waals surface area contributed by atoms with Crippen molar-refractivity contribution in [3.63, 3.8) is 0 Å². The maximum atomic E-state index is 13.0. The number of oxazole rings is 1. The number of likely N-dealkylation sites (tertiary alicyclic amines) is 1. The van der Waals surface area contributed by atoms with Gasteiger partial charge in [0.2, 0.25) is 5.91 Å². The van der Waals surface area contributed by atoms with Crippen LogP contribution in [0.5, 0.6) is 11.5 Å². The molecule has 2 N–H and O–H groups in total. The van der Waals surface area contributed by atoms with Gasteiger partial charge in [0.15, 0.2) is 11.5 Å². The number of piperidine rings is 1. The maximum Gasteiger partial charge on any atom is 0.253 e. The Morgan fingerprint density at radius 2 is 1.48 bits per heavy atom. The molecule has 0 radical (unpaired) electrons. The zero-order valence-corrected chi connectivity index (χ0v) is 17.9. The van der Waals surface area contributed by atoms with Crippen LogP contribution in [0.1, 0.15) is 45.4 Å². The number of carbonyl (C=O) groups is 2. The second kappa shape index (κ2) is 8.78. The van der Waals surface area contributed by atoms with Gasteiger partial charge in [0.05, 0.1) is 0 Å². The Hall–Kier alpha value is -4.13. The Labute approximate surface area is 190 Å². The summed E-state index contributed by atoms with van der Waals surface area (Å²) in [5.74, 6) is 1.69. The first kappa shape index (κ1) is 20.8. The van der Waals surface area contributed by atoms with Crippen LogP contribution in [-0.2, 0) is 0 Å². The van der Waals surface area contributed by atoms with Gasteiger partial charge in [-0.25, -0.2) is 4.98 Å². The fraction of sp³-hybridized carbons (Fsp3) is 0.192. The number of amides is 2. The van der Waals surface area contributed by atoms with E-state index in [0.717, 1.165) is 29.8 Å². The van der Waals surface area contributed by atoms with Gasteiger partial charge in [0.25, 0.3) is 5.91 Å². The highest BCUT2D eigenvalue weighted by Gasteiger charge is 2.27. The summed E-state index contributed by atoms with van der Waals surface area (Å²) in [6, 6.07) is 21.4. The molecular weight excluding hydrogens is 418 g/mol. The number of rotatable bonds is 5. The van der Waals surface area contributed by atoms with Crippen molar-refractivity contribution in [3.8, 4) is 11.5 Å². The number of aromatic nitrogens is 1. The minimum Gasteiger partial charge on any atom is -0.457 e. The average molecular weight is 441 g/mol. The van der Waals surface area contributed by atoms with Crippen molar-refractivity contribution >= 4 is 22.9 Å². The van der Waals surface area contributed by atoms with Crippen molar-refractivity contribution in [2.75, 3.05) is 13.1 Å². The van der Waals surface area contributed by atoms with E-state index in [9.17, 15) is 9.59 Å². The molecule has 1 fully saturated rings. The fourth-order valence-corrected chi connectivity index (χ4v) is 4.07. The number of hydrogen-bond donors (Lipinski definition) is 1. The monoisotopic (exact) mass is 441 g/mol. The second-order valence-corrected chi connectivity index (χ2v) is 8.10. The van der Waals surface area contributed by atoms with E-state index < -0.39 is 5.91 Å². The Kier molecular flexibility index (Phi) is 5.52. The lowest BCUT2D eigenvalue weighted by molar-refractivity contribution is 0.0706. The van der Waals surface area contributed by atoms with Crippen molar-refractivity contribution in [2.45, 2.75) is 18.8 Å². The van der Waals surface area contributed by atoms with Gasteiger partial charge in [-0.2, -0.15) is 0 Å². The lowest BCUT2D eigenvalue weighted by Gasteiger charge is -2.30. The van der Waals surface area contributed by atoms with Gasteiger partial charge < -0.3 is 19.8 Å². The first-order valence-corrected chi connectivity index (χ1v) is 10.9. The summed E-state index contributed by atoms with van der Waals surface area (Å²) in [6.07, 6.45) is 1.64. The molecule has 1 aromatic heterocycles. The highest BCUT2D eigenvalue weighted by atomic mass is 16.5. The molecule has 1 aliphatic heterocycles. The number of ether oxygens (including phenoxy) is 1. The van der Waals surface area contributed by atoms with Crippen LogP contribution in [0.3, 0.4) is 0 Å². The van der Waals surface area contributed by atoms with E-state index >= 15 is 0 Å². The van der Waals surface area contributed by atoms with Gasteiger partial charge in [0.1, 0.15) is 17.0 Å². The van der Waals surface area contributed by atoms with Crippen LogP contribution in [0.2, 0.25) is 0 Å². The molecule has 7 nitrogen and oxygen atoms in total. The van der Waals surface area contributed by atoms with Gasteiger partial charge in [0, 0.05) is 30.1 Å². The number of primary amides is 1. The van der Waals surface area contributed by atoms with Crippen LogP contribution in [0.4, 0.5) is 0 Å². The summed E-state index contributed by atoms with van der Waals surface area (Å²) in [5.41, 5.74) is 7.96. The molecule has 1 aliphatic rings. The summed E-state index contributed by atoms with van der Waals surface area (Å²) >= 11 is 0. The quantitative estimate of drug-likeness (QED) is 0.482. The minimum absolute atomic E-state index is 0.00313. The van der Waals surface area contributed by atoms with Crippen LogP contribution in [0, 0.1) is 0 Å². The van der Waals surface area contributed by atoms with Gasteiger partial charge in [-0.3, -0.25) is 9.59 Å². The Morgan fingerprint density at radius 3 is 2.09 bits per heavy atom. The van der Waals surface area contributed by atoms with E-state index in [4.69, 9.17) is 14.9 Å². The smallest absolute Gasteiger partial charge is 0.253 e. The SMILES string of the molecule is NC(=O)c1ccc(Oc2ccc(C(=O)N3CCC(c4nc5ccccc5o4)CC3)cc2)cc1. The number of para-hydroxylation sites is 2. The predicted molar refractivity (Wildman–Crippen MR) is 123 cm³/mol. The molecule has 0 aliphatic carbocycles. The van der Waals surface area contributed by atoms with Crippen molar-refractivity contribution < 1.29 is 18.7 Å². The zero-order chi connectivity index (χ0) is 22.8. The van der Waals surface area contributed by atoms with Crippen molar-refractivity contribution in [1.29, 1.82) is 0 Å². The Morgan fingerprint density at radius 1 is 0.879 bits per heavy atom. The standard InChI is InChI=1S/C26H23N3O4/c27-24(30)17-5-9-20(10-6-17)32-21-11-7-19(8-12-21)26(31)29-15-13-18(14-16-29)25-28-22-3-1-2-4-23(22)33-25/h1-12,18H,13-16H2,(H2,27,30). The number of benzene rings is 3. The molecule has 0 saturated carbocycles. The van der Waals surface area contributed by atoms with E-state index in [2.05, 4.69) is 4.98 Å². The number of hydrogen-bond acceptors (Lipinski definition) is 5. The fourth-order valence-electron chi connectivity index (χ4n) is 4.07. The molecule has 1 saturated heterocycles. The highest BCUT2D eigenvalue weighted by Crippen LogP contribution is 2.30. The normalized spacial score (nSPS) is 14.4. The molecule has 0 atom stereocenters. The second-order valence-electron chi connectivity index (χ2n) is 8.10. The molecule has 166 valence electrons. The van der Waals surface area contributed by atoms with E-state index in [1.54, 1.807) is 48.5 Å². The molecule has 4 aromatic rings. The Balaban J connectivity index is 1.19. The molecule has 0 spiro atoms. The maximum absolute atomic E-state index is 13.0. The molecule has 7 heteroatoms. The molecule has 2 amide bonds. The molecule has 0 unspecified atom stereocenters. The van der Waals surface area contributed by atoms with Gasteiger partial charge in [-0.1, -0.05) is 12.1 Å². The Bertz CT molecular complexity index is 1250. The molecule has 5 rings (SSSR count). The first-order chi connectivity index (χ1) is 16.1. The van der Waals surface area contributed by atoms with Crippen LogP contribution < -0.4 is 10.5 Å². The third-order valence-corrected chi connectivity index (χ3v) is 5.92. The largest absolute Gasteiger partial charge is 0.457 e. The van der Waals surface area contributed by atoms with E-state index in [1.165, 1.54) is 0 Å². The van der Waals surface area contributed by atoms with Gasteiger partial charge in [-0.15, -0.1) is 0 Å². The lowest BCUT2D eigenvalue weighted by Crippen LogP contribution is -2.37. The van der Waals surface area contributed by atoms with Crippen molar-refractivity contribution in [3.05, 3.63) is 89.8 Å². The molecule has 3 aromatic carbocycles. The molecular formula is C26H23N3O4. The summed E-state index contributed by atoms with van der Waals surface area (Å²) in [6.45, 7) is 1.32. The van der Waals surface area contributed by atoms with Crippen LogP contribution >= 0.6 is 0 Å². The van der Waals surface area contributed by atoms with E-state index in [-0.39, 0.29) is 11.8 Å². The summed E-state index contributed by atoms with van der Waals surface area (Å²) in [4.78, 5) is 30.6. The lowest BCUT2D eigenvalue weighted by atomic mass is 9.96. The van der Waals surface area contributed by atoms with Gasteiger partial charge >= 0.3 is 0 Å². The molecule has 2 heterocycles. The summed E-state index contributed by atoms with van der Waals surface area (Å²) < 4.78 is 11.7. The van der Waals surface area contributed by atoms with Crippen LogP contribution in [0.25, 0.3) is 11.1 Å². The third kappa shape index (κ3) is 4.43. The number of carbonyl (C=O) groups excluding carboxylic acids is 2. The van der Waals surface area contributed by atoms with Gasteiger partial charge in [-0.05, 0) is 73.5 Å². The van der Waals surface area contributed by atoms with Crippen molar-refractivity contribution in [1.82, 2.24) is 9.88 Å². The van der Waals surface area contributed by atoms with Crippen LogP contribution in [-0.4, -0.2) is 34.8 Å². The average Bonchev–Trinajstić information content (AvgIpc) is 3.29. The predicted octanol–water partition coefficient (Wildman–Crippen LogP) is 4.74. The summed E-state index contributed by atoms with van der Waals surface area (Å²) in [5, 5.41) is 0. The summed E-state index contributed by atoms with van der Waals surface area (Å²) in [7, 11) is 0. The molecule has 0 bridgehead atoms.